The summed E-state index contributed by atoms with van der Waals surface area (Å²) >= 11 is 0. The largest absolute Gasteiger partial charge is 0.350 e. The average Bonchev–Trinajstić information content (AvgIpc) is 2.15. The van der Waals surface area contributed by atoms with Crippen molar-refractivity contribution in [3.8, 4) is 0 Å². The van der Waals surface area contributed by atoms with E-state index in [1.54, 1.807) is 0 Å². The van der Waals surface area contributed by atoms with Gasteiger partial charge in [0, 0.05) is 12.5 Å². The molecule has 1 rings (SSSR count). The Morgan fingerprint density at radius 3 is 2.56 bits per heavy atom. The summed E-state index contributed by atoms with van der Waals surface area (Å²) in [4.78, 5) is 0. The Hall–Kier alpha value is -0.120. The Labute approximate surface area is 55.1 Å². The third-order valence-corrected chi connectivity index (χ3v) is 1.26. The summed E-state index contributed by atoms with van der Waals surface area (Å²) in [7, 11) is 0. The smallest absolute Gasteiger partial charge is 0.159 e. The second kappa shape index (κ2) is 3.15. The fraction of sp³-hybridized carbons (Fsp3) is 1.00. The Kier molecular flexibility index (Phi) is 2.45. The highest BCUT2D eigenvalue weighted by Crippen LogP contribution is 2.08. The first-order valence-electron chi connectivity index (χ1n) is 3.28. The highest BCUT2D eigenvalue weighted by atomic mass is 16.7. The number of rotatable bonds is 2. The summed E-state index contributed by atoms with van der Waals surface area (Å²) in [5, 5.41) is 0. The van der Waals surface area contributed by atoms with Crippen LogP contribution in [0.3, 0.4) is 0 Å². The van der Waals surface area contributed by atoms with Gasteiger partial charge in [-0.15, -0.1) is 0 Å². The number of nitrogens with two attached hydrogens (primary N) is 1. The lowest BCUT2D eigenvalue weighted by Gasteiger charge is -2.10. The molecule has 0 unspecified atom stereocenters. The Morgan fingerprint density at radius 1 is 1.56 bits per heavy atom. The maximum absolute atomic E-state index is 5.51. The summed E-state index contributed by atoms with van der Waals surface area (Å²) in [5.74, 6) is 0. The molecule has 0 aliphatic carbocycles. The van der Waals surface area contributed by atoms with Gasteiger partial charge in [0.25, 0.3) is 0 Å². The van der Waals surface area contributed by atoms with Crippen LogP contribution in [0.2, 0.25) is 0 Å². The Morgan fingerprint density at radius 2 is 2.11 bits per heavy atom. The van der Waals surface area contributed by atoms with E-state index in [-0.39, 0.29) is 12.3 Å². The topological polar surface area (TPSA) is 44.5 Å². The van der Waals surface area contributed by atoms with E-state index in [1.807, 2.05) is 6.92 Å². The normalized spacial score (nSPS) is 24.7. The molecule has 0 bridgehead atoms. The Bertz CT molecular complexity index is 79.1. The second-order valence-electron chi connectivity index (χ2n) is 2.38. The monoisotopic (exact) mass is 131 g/mol. The van der Waals surface area contributed by atoms with Crippen molar-refractivity contribution in [2.45, 2.75) is 25.7 Å². The van der Waals surface area contributed by atoms with Crippen molar-refractivity contribution < 1.29 is 9.47 Å². The molecule has 3 nitrogen and oxygen atoms in total. The van der Waals surface area contributed by atoms with E-state index in [0.717, 1.165) is 19.6 Å². The van der Waals surface area contributed by atoms with Gasteiger partial charge < -0.3 is 15.2 Å². The molecule has 54 valence electrons. The lowest BCUT2D eigenvalue weighted by Crippen LogP contribution is -2.23. The minimum Gasteiger partial charge on any atom is -0.350 e. The predicted molar refractivity (Wildman–Crippen MR) is 34.0 cm³/mol. The molecular formula is C6H13NO2. The van der Waals surface area contributed by atoms with Crippen molar-refractivity contribution in [3.05, 3.63) is 0 Å². The molecule has 1 aliphatic rings. The second-order valence-corrected chi connectivity index (χ2v) is 2.38. The minimum absolute atomic E-state index is 0.0370. The van der Waals surface area contributed by atoms with Crippen LogP contribution in [-0.2, 0) is 9.47 Å². The van der Waals surface area contributed by atoms with Crippen LogP contribution in [0, 0.1) is 0 Å². The zero-order valence-corrected chi connectivity index (χ0v) is 5.67. The molecule has 0 aromatic rings. The van der Waals surface area contributed by atoms with Gasteiger partial charge in [0.05, 0.1) is 13.2 Å². The van der Waals surface area contributed by atoms with Crippen LogP contribution in [0.25, 0.3) is 0 Å². The summed E-state index contributed by atoms with van der Waals surface area (Å²) in [6, 6.07) is 0.174. The molecule has 0 aromatic carbocycles. The molecular weight excluding hydrogens is 118 g/mol. The Balaban J connectivity index is 2.11. The predicted octanol–water partition coefficient (Wildman–Crippen LogP) is 0.0966. The van der Waals surface area contributed by atoms with Gasteiger partial charge in [-0.1, -0.05) is 0 Å². The van der Waals surface area contributed by atoms with E-state index in [1.165, 1.54) is 0 Å². The van der Waals surface area contributed by atoms with Gasteiger partial charge in [0.1, 0.15) is 0 Å². The van der Waals surface area contributed by atoms with Crippen LogP contribution < -0.4 is 5.73 Å². The first-order chi connectivity index (χ1) is 4.29. The fourth-order valence-electron chi connectivity index (χ4n) is 0.847. The minimum atomic E-state index is -0.0370. The van der Waals surface area contributed by atoms with Gasteiger partial charge >= 0.3 is 0 Å². The van der Waals surface area contributed by atoms with Crippen molar-refractivity contribution in [1.29, 1.82) is 0 Å². The van der Waals surface area contributed by atoms with E-state index < -0.39 is 0 Å². The third kappa shape index (κ3) is 2.30. The molecule has 1 atom stereocenters. The molecule has 0 amide bonds. The van der Waals surface area contributed by atoms with Crippen molar-refractivity contribution in [3.63, 3.8) is 0 Å². The molecule has 0 aromatic heterocycles. The van der Waals surface area contributed by atoms with Gasteiger partial charge in [0.2, 0.25) is 0 Å². The van der Waals surface area contributed by atoms with Crippen molar-refractivity contribution in [2.75, 3.05) is 13.2 Å². The molecule has 3 heteroatoms. The average molecular weight is 131 g/mol. The van der Waals surface area contributed by atoms with E-state index in [9.17, 15) is 0 Å². The summed E-state index contributed by atoms with van der Waals surface area (Å²) in [5.41, 5.74) is 5.51. The lowest BCUT2D eigenvalue weighted by molar-refractivity contribution is -0.0495. The van der Waals surface area contributed by atoms with Gasteiger partial charge in [-0.2, -0.15) is 0 Å². The van der Waals surface area contributed by atoms with Gasteiger partial charge in [-0.25, -0.2) is 0 Å². The van der Waals surface area contributed by atoms with Crippen LogP contribution in [0.4, 0.5) is 0 Å². The highest BCUT2D eigenvalue weighted by molar-refractivity contribution is 4.59. The first-order valence-corrected chi connectivity index (χ1v) is 3.28. The summed E-state index contributed by atoms with van der Waals surface area (Å²) in [6.45, 7) is 3.39. The van der Waals surface area contributed by atoms with Crippen LogP contribution in [0.1, 0.15) is 13.3 Å². The molecule has 1 aliphatic heterocycles. The zero-order chi connectivity index (χ0) is 6.69. The van der Waals surface area contributed by atoms with Crippen molar-refractivity contribution >= 4 is 0 Å². The van der Waals surface area contributed by atoms with Gasteiger partial charge in [-0.3, -0.25) is 0 Å². The molecule has 1 heterocycles. The third-order valence-electron chi connectivity index (χ3n) is 1.26. The number of hydrogen-bond donors (Lipinski definition) is 1. The number of hydrogen-bond acceptors (Lipinski definition) is 3. The lowest BCUT2D eigenvalue weighted by atomic mass is 10.2. The van der Waals surface area contributed by atoms with Gasteiger partial charge in [0.15, 0.2) is 6.29 Å². The van der Waals surface area contributed by atoms with Crippen LogP contribution in [0.15, 0.2) is 0 Å². The first kappa shape index (κ1) is 6.99. The van der Waals surface area contributed by atoms with E-state index in [2.05, 4.69) is 0 Å². The molecule has 1 fully saturated rings. The van der Waals surface area contributed by atoms with Crippen LogP contribution >= 0.6 is 0 Å². The van der Waals surface area contributed by atoms with E-state index in [4.69, 9.17) is 15.2 Å². The SMILES string of the molecule is C[C@@H](N)CC1OCCO1. The van der Waals surface area contributed by atoms with Crippen molar-refractivity contribution in [2.24, 2.45) is 5.73 Å². The molecule has 0 spiro atoms. The van der Waals surface area contributed by atoms with Gasteiger partial charge in [-0.05, 0) is 6.92 Å². The molecule has 2 N–H and O–H groups in total. The highest BCUT2D eigenvalue weighted by Gasteiger charge is 2.16. The van der Waals surface area contributed by atoms with E-state index >= 15 is 0 Å². The fourth-order valence-corrected chi connectivity index (χ4v) is 0.847. The number of ether oxygens (including phenoxy) is 2. The van der Waals surface area contributed by atoms with Crippen LogP contribution in [0.5, 0.6) is 0 Å². The van der Waals surface area contributed by atoms with E-state index in [0.29, 0.717) is 0 Å². The summed E-state index contributed by atoms with van der Waals surface area (Å²) in [6.07, 6.45) is 0.769. The van der Waals surface area contributed by atoms with Crippen LogP contribution in [-0.4, -0.2) is 25.5 Å². The molecule has 0 saturated carbocycles. The molecule has 1 saturated heterocycles. The zero-order valence-electron chi connectivity index (χ0n) is 5.67. The summed E-state index contributed by atoms with van der Waals surface area (Å²) < 4.78 is 10.3. The molecule has 9 heavy (non-hydrogen) atoms. The van der Waals surface area contributed by atoms with Crippen molar-refractivity contribution in [1.82, 2.24) is 0 Å². The quantitative estimate of drug-likeness (QED) is 0.578. The maximum Gasteiger partial charge on any atom is 0.159 e. The maximum atomic E-state index is 5.51. The standard InChI is InChI=1S/C6H13NO2/c1-5(7)4-6-8-2-3-9-6/h5-6H,2-4,7H2,1H3/t5-/m1/s1. The molecule has 0 radical (unpaired) electrons.